The van der Waals surface area contributed by atoms with Crippen LogP contribution in [-0.4, -0.2) is 35.1 Å². The van der Waals surface area contributed by atoms with Gasteiger partial charge >= 0.3 is 0 Å². The highest BCUT2D eigenvalue weighted by molar-refractivity contribution is 6.35. The number of likely N-dealkylation sites (tertiary alicyclic amines) is 1. The van der Waals surface area contributed by atoms with Crippen molar-refractivity contribution in [2.45, 2.75) is 31.7 Å². The minimum absolute atomic E-state index is 0.01000. The number of carbonyl (C=O) groups is 1. The summed E-state index contributed by atoms with van der Waals surface area (Å²) >= 11 is 12.0. The van der Waals surface area contributed by atoms with Gasteiger partial charge in [0.2, 0.25) is 0 Å². The van der Waals surface area contributed by atoms with Crippen molar-refractivity contribution in [1.29, 1.82) is 0 Å². The van der Waals surface area contributed by atoms with Crippen LogP contribution in [0.4, 0.5) is 0 Å². The Kier molecular flexibility index (Phi) is 5.08. The lowest BCUT2D eigenvalue weighted by molar-refractivity contribution is 0.0600. The van der Waals surface area contributed by atoms with Crippen LogP contribution in [0.2, 0.25) is 10.0 Å². The molecule has 1 N–H and O–H groups in total. The third-order valence-electron chi connectivity index (χ3n) is 3.51. The Morgan fingerprint density at radius 3 is 2.84 bits per heavy atom. The molecule has 0 saturated carbocycles. The lowest BCUT2D eigenvalue weighted by Crippen LogP contribution is -2.42. The molecule has 0 aromatic heterocycles. The van der Waals surface area contributed by atoms with Gasteiger partial charge in [-0.05, 0) is 31.0 Å². The second-order valence-electron chi connectivity index (χ2n) is 4.81. The molecule has 19 heavy (non-hydrogen) atoms. The predicted octanol–water partition coefficient (Wildman–Crippen LogP) is 3.37. The van der Waals surface area contributed by atoms with E-state index in [2.05, 4.69) is 0 Å². The molecule has 0 radical (unpaired) electrons. The van der Waals surface area contributed by atoms with E-state index in [-0.39, 0.29) is 18.6 Å². The smallest absolute Gasteiger partial charge is 0.255 e. The van der Waals surface area contributed by atoms with Crippen molar-refractivity contribution in [2.75, 3.05) is 13.2 Å². The van der Waals surface area contributed by atoms with Crippen LogP contribution in [0.1, 0.15) is 36.0 Å². The first-order valence-corrected chi connectivity index (χ1v) is 7.26. The fourth-order valence-electron chi connectivity index (χ4n) is 2.45. The summed E-state index contributed by atoms with van der Waals surface area (Å²) in [5, 5.41) is 10.3. The Bertz CT molecular complexity index is 465. The van der Waals surface area contributed by atoms with Crippen molar-refractivity contribution in [1.82, 2.24) is 4.90 Å². The quantitative estimate of drug-likeness (QED) is 0.910. The van der Waals surface area contributed by atoms with Crippen LogP contribution in [0, 0.1) is 0 Å². The standard InChI is InChI=1S/C14H17Cl2NO2/c15-10-5-6-13(16)12(8-10)14(19)17-7-3-1-2-4-11(17)9-18/h5-6,8,11,18H,1-4,7,9H2. The monoisotopic (exact) mass is 301 g/mol. The molecule has 1 amide bonds. The molecule has 1 aromatic carbocycles. The molecule has 1 atom stereocenters. The summed E-state index contributed by atoms with van der Waals surface area (Å²) in [5.74, 6) is -0.145. The Morgan fingerprint density at radius 2 is 2.11 bits per heavy atom. The maximum absolute atomic E-state index is 12.6. The molecule has 1 aliphatic rings. The van der Waals surface area contributed by atoms with E-state index in [4.69, 9.17) is 23.2 Å². The van der Waals surface area contributed by atoms with Crippen molar-refractivity contribution in [2.24, 2.45) is 0 Å². The van der Waals surface area contributed by atoms with E-state index in [1.54, 1.807) is 23.1 Å². The topological polar surface area (TPSA) is 40.5 Å². The Hall–Kier alpha value is -0.770. The minimum Gasteiger partial charge on any atom is -0.394 e. The molecule has 0 bridgehead atoms. The van der Waals surface area contributed by atoms with Gasteiger partial charge in [0.1, 0.15) is 0 Å². The van der Waals surface area contributed by atoms with Crippen molar-refractivity contribution >= 4 is 29.1 Å². The normalized spacial score (nSPS) is 20.2. The molecule has 1 unspecified atom stereocenters. The summed E-state index contributed by atoms with van der Waals surface area (Å²) in [6, 6.07) is 4.76. The first-order chi connectivity index (χ1) is 9.13. The molecule has 0 aliphatic carbocycles. The number of amides is 1. The molecule has 1 heterocycles. The van der Waals surface area contributed by atoms with E-state index in [0.717, 1.165) is 25.7 Å². The van der Waals surface area contributed by atoms with Crippen LogP contribution in [0.15, 0.2) is 18.2 Å². The molecular formula is C14H17Cl2NO2. The minimum atomic E-state index is -0.145. The number of nitrogens with zero attached hydrogens (tertiary/aromatic N) is 1. The summed E-state index contributed by atoms with van der Waals surface area (Å²) in [7, 11) is 0. The van der Waals surface area contributed by atoms with Gasteiger partial charge in [-0.15, -0.1) is 0 Å². The number of carbonyl (C=O) groups excluding carboxylic acids is 1. The average molecular weight is 302 g/mol. The molecule has 0 spiro atoms. The van der Waals surface area contributed by atoms with Crippen LogP contribution in [0.25, 0.3) is 0 Å². The van der Waals surface area contributed by atoms with E-state index in [1.807, 2.05) is 0 Å². The highest BCUT2D eigenvalue weighted by atomic mass is 35.5. The van der Waals surface area contributed by atoms with Crippen molar-refractivity contribution in [3.05, 3.63) is 33.8 Å². The molecule has 1 fully saturated rings. The van der Waals surface area contributed by atoms with Crippen LogP contribution in [-0.2, 0) is 0 Å². The molecular weight excluding hydrogens is 285 g/mol. The van der Waals surface area contributed by atoms with E-state index < -0.39 is 0 Å². The van der Waals surface area contributed by atoms with Gasteiger partial charge in [0.25, 0.3) is 5.91 Å². The van der Waals surface area contributed by atoms with Crippen LogP contribution >= 0.6 is 23.2 Å². The highest BCUT2D eigenvalue weighted by Crippen LogP contribution is 2.25. The van der Waals surface area contributed by atoms with Gasteiger partial charge in [-0.2, -0.15) is 0 Å². The highest BCUT2D eigenvalue weighted by Gasteiger charge is 2.27. The zero-order valence-corrected chi connectivity index (χ0v) is 12.1. The molecule has 104 valence electrons. The van der Waals surface area contributed by atoms with Gasteiger partial charge in [0.05, 0.1) is 23.2 Å². The van der Waals surface area contributed by atoms with Gasteiger partial charge < -0.3 is 10.0 Å². The summed E-state index contributed by atoms with van der Waals surface area (Å²) in [6.45, 7) is 0.650. The number of rotatable bonds is 2. The summed E-state index contributed by atoms with van der Waals surface area (Å²) in [6.07, 6.45) is 3.92. The van der Waals surface area contributed by atoms with Gasteiger partial charge in [0, 0.05) is 11.6 Å². The molecule has 1 saturated heterocycles. The third-order valence-corrected chi connectivity index (χ3v) is 4.07. The van der Waals surface area contributed by atoms with Gasteiger partial charge in [0.15, 0.2) is 0 Å². The van der Waals surface area contributed by atoms with Gasteiger partial charge in [-0.1, -0.05) is 36.0 Å². The number of halogens is 2. The zero-order chi connectivity index (χ0) is 13.8. The third kappa shape index (κ3) is 3.41. The number of benzene rings is 1. The van der Waals surface area contributed by atoms with E-state index in [9.17, 15) is 9.90 Å². The largest absolute Gasteiger partial charge is 0.394 e. The van der Waals surface area contributed by atoms with E-state index in [1.165, 1.54) is 0 Å². The fourth-order valence-corrected chi connectivity index (χ4v) is 2.82. The Morgan fingerprint density at radius 1 is 1.32 bits per heavy atom. The molecule has 2 rings (SSSR count). The fraction of sp³-hybridized carbons (Fsp3) is 0.500. The lowest BCUT2D eigenvalue weighted by atomic mass is 10.1. The Balaban J connectivity index is 2.27. The van der Waals surface area contributed by atoms with E-state index >= 15 is 0 Å². The number of hydrogen-bond donors (Lipinski definition) is 1. The van der Waals surface area contributed by atoms with Crippen LogP contribution < -0.4 is 0 Å². The van der Waals surface area contributed by atoms with Crippen molar-refractivity contribution in [3.63, 3.8) is 0 Å². The molecule has 5 heteroatoms. The second-order valence-corrected chi connectivity index (χ2v) is 5.65. The van der Waals surface area contributed by atoms with Crippen LogP contribution in [0.3, 0.4) is 0 Å². The number of aliphatic hydroxyl groups excluding tert-OH is 1. The Labute approximate surface area is 123 Å². The van der Waals surface area contributed by atoms with Crippen molar-refractivity contribution in [3.8, 4) is 0 Å². The molecule has 3 nitrogen and oxygen atoms in total. The molecule has 1 aliphatic heterocycles. The van der Waals surface area contributed by atoms with Gasteiger partial charge in [-0.25, -0.2) is 0 Å². The van der Waals surface area contributed by atoms with Crippen LogP contribution in [0.5, 0.6) is 0 Å². The average Bonchev–Trinajstić information content (AvgIpc) is 2.65. The van der Waals surface area contributed by atoms with E-state index in [0.29, 0.717) is 22.2 Å². The van der Waals surface area contributed by atoms with Crippen molar-refractivity contribution < 1.29 is 9.90 Å². The SMILES string of the molecule is O=C(c1cc(Cl)ccc1Cl)N1CCCCCC1CO. The number of hydrogen-bond acceptors (Lipinski definition) is 2. The second kappa shape index (κ2) is 6.60. The summed E-state index contributed by atoms with van der Waals surface area (Å²) in [5.41, 5.74) is 0.412. The first kappa shape index (κ1) is 14.6. The predicted molar refractivity (Wildman–Crippen MR) is 76.8 cm³/mol. The lowest BCUT2D eigenvalue weighted by Gasteiger charge is -2.29. The first-order valence-electron chi connectivity index (χ1n) is 6.50. The maximum atomic E-state index is 12.6. The maximum Gasteiger partial charge on any atom is 0.255 e. The molecule has 1 aromatic rings. The summed E-state index contributed by atoms with van der Waals surface area (Å²) in [4.78, 5) is 14.3. The number of aliphatic hydroxyl groups is 1. The zero-order valence-electron chi connectivity index (χ0n) is 10.6. The summed E-state index contributed by atoms with van der Waals surface area (Å²) < 4.78 is 0. The van der Waals surface area contributed by atoms with Gasteiger partial charge in [-0.3, -0.25) is 4.79 Å².